The van der Waals surface area contributed by atoms with E-state index in [1.54, 1.807) is 26.0 Å². The summed E-state index contributed by atoms with van der Waals surface area (Å²) in [6.07, 6.45) is 11.6. The van der Waals surface area contributed by atoms with Gasteiger partial charge in [0, 0.05) is 30.7 Å². The first-order valence-electron chi connectivity index (χ1n) is 16.1. The number of benzene rings is 2. The molecule has 226 valence electrons. The lowest BCUT2D eigenvalue weighted by atomic mass is 9.78. The van der Waals surface area contributed by atoms with Crippen molar-refractivity contribution < 1.29 is 13.2 Å². The number of amides is 2. The van der Waals surface area contributed by atoms with Gasteiger partial charge < -0.3 is 10.2 Å². The van der Waals surface area contributed by atoms with Crippen LogP contribution >= 0.6 is 0 Å². The van der Waals surface area contributed by atoms with Gasteiger partial charge >= 0.3 is 6.03 Å². The molecule has 7 nitrogen and oxygen atoms in total. The number of likely N-dealkylation sites (tertiary alicyclic amines) is 1. The molecule has 4 aliphatic rings. The van der Waals surface area contributed by atoms with Crippen LogP contribution < -0.4 is 10.2 Å². The van der Waals surface area contributed by atoms with Gasteiger partial charge in [-0.25, -0.2) is 13.2 Å². The highest BCUT2D eigenvalue weighted by Crippen LogP contribution is 2.45. The zero-order chi connectivity index (χ0) is 29.5. The SMILES string of the molecule is CC(C)S(=O)(=O)c1ccc(-c2ccccc2N2C(=O)N=C(NC3CCCCC3)[C@]23CCN(CC2CCC2)[C@@H](C)C3)cc1. The molecular formula is C34H46N4O3S. The molecule has 0 bridgehead atoms. The maximum absolute atomic E-state index is 14.0. The smallest absolute Gasteiger partial charge is 0.350 e. The van der Waals surface area contributed by atoms with Crippen molar-refractivity contribution in [1.82, 2.24) is 10.2 Å². The van der Waals surface area contributed by atoms with Crippen LogP contribution in [0, 0.1) is 5.92 Å². The quantitative estimate of drug-likeness (QED) is 0.383. The van der Waals surface area contributed by atoms with Crippen LogP contribution in [-0.2, 0) is 9.84 Å². The number of nitrogens with zero attached hydrogens (tertiary/aromatic N) is 3. The molecule has 2 aromatic carbocycles. The summed E-state index contributed by atoms with van der Waals surface area (Å²) in [5, 5.41) is 3.32. The van der Waals surface area contributed by atoms with Crippen molar-refractivity contribution in [2.45, 2.75) is 113 Å². The number of hydrogen-bond donors (Lipinski definition) is 1. The van der Waals surface area contributed by atoms with Crippen molar-refractivity contribution in [1.29, 1.82) is 0 Å². The standard InChI is InChI=1S/C34H46N4O3S/c1-24(2)42(40,41)29-18-16-27(17-19-29)30-14-7-8-15-31(30)38-33(39)36-32(35-28-12-5-4-6-13-28)34(38)20-21-37(25(3)22-34)23-26-10-9-11-26/h7-8,14-19,24-26,28H,4-6,9-13,20-23H2,1-3H3,(H,35,36,39)/t25-,34+/m0/s1. The lowest BCUT2D eigenvalue weighted by Crippen LogP contribution is -2.64. The number of nitrogens with one attached hydrogen (secondary N) is 1. The Kier molecular flexibility index (Phi) is 8.22. The van der Waals surface area contributed by atoms with E-state index < -0.39 is 20.6 Å². The summed E-state index contributed by atoms with van der Waals surface area (Å²) in [5.41, 5.74) is 2.12. The molecule has 0 unspecified atom stereocenters. The van der Waals surface area contributed by atoms with Crippen LogP contribution in [0.5, 0.6) is 0 Å². The molecule has 6 rings (SSSR count). The number of urea groups is 1. The normalized spacial score (nSPS) is 26.1. The fraction of sp³-hybridized carbons (Fsp3) is 0.588. The van der Waals surface area contributed by atoms with E-state index in [4.69, 9.17) is 4.99 Å². The topological polar surface area (TPSA) is 82.1 Å². The molecular weight excluding hydrogens is 544 g/mol. The summed E-state index contributed by atoms with van der Waals surface area (Å²) in [6, 6.07) is 15.6. The lowest BCUT2D eigenvalue weighted by Gasteiger charge is -2.50. The van der Waals surface area contributed by atoms with Gasteiger partial charge in [-0.05, 0) is 89.0 Å². The van der Waals surface area contributed by atoms with Crippen molar-refractivity contribution in [3.63, 3.8) is 0 Å². The molecule has 0 aromatic heterocycles. The van der Waals surface area contributed by atoms with Crippen LogP contribution in [0.4, 0.5) is 10.5 Å². The third-order valence-electron chi connectivity index (χ3n) is 10.3. The van der Waals surface area contributed by atoms with E-state index in [0.717, 1.165) is 67.3 Å². The average Bonchev–Trinajstić information content (AvgIpc) is 3.21. The Labute approximate surface area is 251 Å². The van der Waals surface area contributed by atoms with Crippen LogP contribution in [-0.4, -0.2) is 61.1 Å². The number of hydrogen-bond acceptors (Lipinski definition) is 5. The highest BCUT2D eigenvalue weighted by Gasteiger charge is 2.54. The van der Waals surface area contributed by atoms with Gasteiger partial charge in [0.05, 0.1) is 15.8 Å². The van der Waals surface area contributed by atoms with Gasteiger partial charge in [0.15, 0.2) is 9.84 Å². The van der Waals surface area contributed by atoms with Gasteiger partial charge in [-0.2, -0.15) is 4.99 Å². The second-order valence-corrected chi connectivity index (χ2v) is 15.8. The molecule has 2 aliphatic heterocycles. The third-order valence-corrected chi connectivity index (χ3v) is 12.4. The maximum atomic E-state index is 14.0. The number of sulfone groups is 1. The summed E-state index contributed by atoms with van der Waals surface area (Å²) < 4.78 is 25.5. The Bertz CT molecular complexity index is 1430. The van der Waals surface area contributed by atoms with Gasteiger partial charge in [-0.3, -0.25) is 4.90 Å². The fourth-order valence-corrected chi connectivity index (χ4v) is 8.51. The predicted octanol–water partition coefficient (Wildman–Crippen LogP) is 6.82. The van der Waals surface area contributed by atoms with Gasteiger partial charge in [0.25, 0.3) is 0 Å². The van der Waals surface area contributed by atoms with Crippen LogP contribution in [0.25, 0.3) is 11.1 Å². The minimum Gasteiger partial charge on any atom is -0.369 e. The predicted molar refractivity (Wildman–Crippen MR) is 170 cm³/mol. The van der Waals surface area contributed by atoms with E-state index in [-0.39, 0.29) is 6.03 Å². The minimum atomic E-state index is -3.37. The van der Waals surface area contributed by atoms with E-state index in [1.165, 1.54) is 38.5 Å². The zero-order valence-corrected chi connectivity index (χ0v) is 26.2. The fourth-order valence-electron chi connectivity index (χ4n) is 7.45. The second kappa shape index (κ2) is 11.8. The van der Waals surface area contributed by atoms with E-state index in [2.05, 4.69) is 17.1 Å². The monoisotopic (exact) mass is 590 g/mol. The number of para-hydroxylation sites is 1. The van der Waals surface area contributed by atoms with Gasteiger partial charge in [0.1, 0.15) is 11.4 Å². The van der Waals surface area contributed by atoms with Crippen LogP contribution in [0.3, 0.4) is 0 Å². The van der Waals surface area contributed by atoms with Crippen LogP contribution in [0.15, 0.2) is 58.4 Å². The highest BCUT2D eigenvalue weighted by molar-refractivity contribution is 7.92. The Morgan fingerprint density at radius 1 is 0.976 bits per heavy atom. The van der Waals surface area contributed by atoms with Crippen LogP contribution in [0.2, 0.25) is 0 Å². The van der Waals surface area contributed by atoms with Crippen molar-refractivity contribution in [2.75, 3.05) is 18.0 Å². The van der Waals surface area contributed by atoms with Crippen LogP contribution in [0.1, 0.15) is 85.0 Å². The Balaban J connectivity index is 1.36. The van der Waals surface area contributed by atoms with E-state index in [1.807, 2.05) is 41.3 Å². The first kappa shape index (κ1) is 29.4. The second-order valence-electron chi connectivity index (χ2n) is 13.3. The lowest BCUT2D eigenvalue weighted by molar-refractivity contribution is 0.0897. The molecule has 2 amide bonds. The first-order valence-corrected chi connectivity index (χ1v) is 17.6. The number of rotatable bonds is 7. The van der Waals surface area contributed by atoms with Crippen molar-refractivity contribution in [3.8, 4) is 11.1 Å². The molecule has 2 heterocycles. The van der Waals surface area contributed by atoms with E-state index in [9.17, 15) is 13.2 Å². The molecule has 1 N–H and O–H groups in total. The number of carbonyl (C=O) groups is 1. The van der Waals surface area contributed by atoms with Crippen molar-refractivity contribution in [3.05, 3.63) is 48.5 Å². The molecule has 2 aromatic rings. The maximum Gasteiger partial charge on any atom is 0.350 e. The molecule has 1 spiro atoms. The van der Waals surface area contributed by atoms with Crippen molar-refractivity contribution >= 4 is 27.4 Å². The molecule has 3 fully saturated rings. The summed E-state index contributed by atoms with van der Waals surface area (Å²) in [6.45, 7) is 7.81. The van der Waals surface area contributed by atoms with Gasteiger partial charge in [-0.15, -0.1) is 0 Å². The number of anilines is 1. The van der Waals surface area contributed by atoms with Crippen molar-refractivity contribution in [2.24, 2.45) is 10.9 Å². The molecule has 2 aliphatic carbocycles. The van der Waals surface area contributed by atoms with Gasteiger partial charge in [0.2, 0.25) is 0 Å². The molecule has 2 saturated carbocycles. The summed E-state index contributed by atoms with van der Waals surface area (Å²) >= 11 is 0. The Morgan fingerprint density at radius 2 is 1.69 bits per heavy atom. The molecule has 1 saturated heterocycles. The molecule has 0 radical (unpaired) electrons. The number of amidine groups is 1. The summed E-state index contributed by atoms with van der Waals surface area (Å²) in [5.74, 6) is 1.65. The third kappa shape index (κ3) is 5.41. The average molecular weight is 591 g/mol. The summed E-state index contributed by atoms with van der Waals surface area (Å²) in [7, 11) is -3.37. The largest absolute Gasteiger partial charge is 0.369 e. The molecule has 2 atom stereocenters. The number of carbonyl (C=O) groups excluding carboxylic acids is 1. The highest BCUT2D eigenvalue weighted by atomic mass is 32.2. The Hall–Kier alpha value is -2.71. The Morgan fingerprint density at radius 3 is 2.33 bits per heavy atom. The van der Waals surface area contributed by atoms with E-state index in [0.29, 0.717) is 17.0 Å². The molecule has 8 heteroatoms. The number of piperidine rings is 1. The first-order chi connectivity index (χ1) is 20.2. The number of aliphatic imine (C=N–C) groups is 1. The summed E-state index contributed by atoms with van der Waals surface area (Å²) in [4.78, 5) is 23.7. The minimum absolute atomic E-state index is 0.209. The molecule has 42 heavy (non-hydrogen) atoms. The van der Waals surface area contributed by atoms with Gasteiger partial charge in [-0.1, -0.05) is 56.0 Å². The zero-order valence-electron chi connectivity index (χ0n) is 25.4. The van der Waals surface area contributed by atoms with E-state index >= 15 is 0 Å².